The molecule has 6 nitrogen and oxygen atoms in total. The van der Waals surface area contributed by atoms with Gasteiger partial charge in [0.05, 0.1) is 23.7 Å². The Hall–Kier alpha value is -1.95. The van der Waals surface area contributed by atoms with E-state index in [1.807, 2.05) is 20.0 Å². The largest absolute Gasteiger partial charge is 0.378 e. The fourth-order valence-corrected chi connectivity index (χ4v) is 2.76. The van der Waals surface area contributed by atoms with E-state index in [9.17, 15) is 4.79 Å². The maximum atomic E-state index is 12.0. The highest BCUT2D eigenvalue weighted by molar-refractivity contribution is 5.93. The molecule has 1 saturated heterocycles. The number of fused-ring (bicyclic) bond motifs is 1. The molecule has 21 heavy (non-hydrogen) atoms. The number of aromatic nitrogens is 3. The summed E-state index contributed by atoms with van der Waals surface area (Å²) in [5.74, 6) is 0.00759. The predicted octanol–water partition coefficient (Wildman–Crippen LogP) is 2.17. The average molecular weight is 288 g/mol. The van der Waals surface area contributed by atoms with Crippen molar-refractivity contribution >= 4 is 22.6 Å². The quantitative estimate of drug-likeness (QED) is 0.936. The number of anilines is 1. The Kier molecular flexibility index (Phi) is 3.88. The van der Waals surface area contributed by atoms with E-state index in [-0.39, 0.29) is 12.0 Å². The molecule has 0 aromatic carbocycles. The molecule has 1 N–H and O–H groups in total. The summed E-state index contributed by atoms with van der Waals surface area (Å²) >= 11 is 0. The van der Waals surface area contributed by atoms with Crippen LogP contribution in [0.3, 0.4) is 0 Å². The Morgan fingerprint density at radius 3 is 3.19 bits per heavy atom. The molecular weight excluding hydrogens is 268 g/mol. The zero-order valence-corrected chi connectivity index (χ0v) is 12.4. The van der Waals surface area contributed by atoms with Crippen LogP contribution in [-0.4, -0.2) is 33.4 Å². The average Bonchev–Trinajstić information content (AvgIpc) is 3.06. The van der Waals surface area contributed by atoms with E-state index in [2.05, 4.69) is 15.4 Å². The molecule has 1 atom stereocenters. The summed E-state index contributed by atoms with van der Waals surface area (Å²) in [6, 6.07) is 1.93. The van der Waals surface area contributed by atoms with Crippen LogP contribution in [0.1, 0.15) is 31.4 Å². The van der Waals surface area contributed by atoms with Gasteiger partial charge in [-0.25, -0.2) is 4.98 Å². The fraction of sp³-hybridized carbons (Fsp3) is 0.533. The van der Waals surface area contributed by atoms with Gasteiger partial charge in [0.2, 0.25) is 5.91 Å². The number of ether oxygens (including phenoxy) is 1. The van der Waals surface area contributed by atoms with Crippen molar-refractivity contribution in [1.82, 2.24) is 14.8 Å². The van der Waals surface area contributed by atoms with Gasteiger partial charge in [-0.1, -0.05) is 0 Å². The van der Waals surface area contributed by atoms with E-state index in [1.54, 1.807) is 10.9 Å². The second-order valence-corrected chi connectivity index (χ2v) is 5.53. The molecule has 1 aliphatic rings. The molecule has 2 aromatic rings. The number of rotatable bonds is 4. The lowest BCUT2D eigenvalue weighted by molar-refractivity contribution is -0.116. The minimum Gasteiger partial charge on any atom is -0.378 e. The highest BCUT2D eigenvalue weighted by Gasteiger charge is 2.17. The van der Waals surface area contributed by atoms with Crippen molar-refractivity contribution in [2.24, 2.45) is 7.05 Å². The van der Waals surface area contributed by atoms with Gasteiger partial charge in [0.1, 0.15) is 0 Å². The van der Waals surface area contributed by atoms with Crippen LogP contribution in [-0.2, 0) is 16.6 Å². The highest BCUT2D eigenvalue weighted by Crippen LogP contribution is 2.20. The number of nitrogens with zero attached hydrogens (tertiary/aromatic N) is 3. The van der Waals surface area contributed by atoms with Gasteiger partial charge >= 0.3 is 0 Å². The van der Waals surface area contributed by atoms with Crippen molar-refractivity contribution in [2.75, 3.05) is 11.9 Å². The van der Waals surface area contributed by atoms with Gasteiger partial charge in [0, 0.05) is 25.5 Å². The maximum Gasteiger partial charge on any atom is 0.224 e. The Balaban J connectivity index is 1.63. The van der Waals surface area contributed by atoms with Crippen LogP contribution in [0.2, 0.25) is 0 Å². The van der Waals surface area contributed by atoms with E-state index in [4.69, 9.17) is 4.74 Å². The summed E-state index contributed by atoms with van der Waals surface area (Å²) in [5.41, 5.74) is 2.45. The minimum atomic E-state index is 0.00759. The van der Waals surface area contributed by atoms with Crippen molar-refractivity contribution in [3.63, 3.8) is 0 Å². The lowest BCUT2D eigenvalue weighted by Crippen LogP contribution is -2.15. The Bertz CT molecular complexity index is 659. The maximum absolute atomic E-state index is 12.0. The first-order chi connectivity index (χ1) is 10.1. The predicted molar refractivity (Wildman–Crippen MR) is 80.1 cm³/mol. The van der Waals surface area contributed by atoms with E-state index < -0.39 is 0 Å². The van der Waals surface area contributed by atoms with Crippen LogP contribution < -0.4 is 5.32 Å². The molecule has 2 aromatic heterocycles. The number of amides is 1. The van der Waals surface area contributed by atoms with E-state index >= 15 is 0 Å². The van der Waals surface area contributed by atoms with Gasteiger partial charge in [-0.3, -0.25) is 9.48 Å². The van der Waals surface area contributed by atoms with Crippen LogP contribution in [0.15, 0.2) is 12.3 Å². The third-order valence-electron chi connectivity index (χ3n) is 3.86. The van der Waals surface area contributed by atoms with Gasteiger partial charge < -0.3 is 10.1 Å². The smallest absolute Gasteiger partial charge is 0.224 e. The number of carbonyl (C=O) groups is 1. The number of carbonyl (C=O) groups excluding carboxylic acids is 1. The third kappa shape index (κ3) is 3.05. The first-order valence-electron chi connectivity index (χ1n) is 7.34. The van der Waals surface area contributed by atoms with Crippen LogP contribution in [0.5, 0.6) is 0 Å². The van der Waals surface area contributed by atoms with Crippen LogP contribution >= 0.6 is 0 Å². The van der Waals surface area contributed by atoms with Gasteiger partial charge in [-0.2, -0.15) is 5.10 Å². The van der Waals surface area contributed by atoms with Crippen molar-refractivity contribution in [3.05, 3.63) is 18.0 Å². The third-order valence-corrected chi connectivity index (χ3v) is 3.86. The molecule has 112 valence electrons. The fourth-order valence-electron chi connectivity index (χ4n) is 2.76. The van der Waals surface area contributed by atoms with Crippen molar-refractivity contribution in [2.45, 2.75) is 38.7 Å². The molecule has 6 heteroatoms. The molecule has 0 radical (unpaired) electrons. The molecule has 3 heterocycles. The molecule has 1 aliphatic heterocycles. The van der Waals surface area contributed by atoms with Gasteiger partial charge in [-0.15, -0.1) is 0 Å². The molecule has 1 unspecified atom stereocenters. The first kappa shape index (κ1) is 14.0. The molecule has 3 rings (SSSR count). The topological polar surface area (TPSA) is 69.0 Å². The van der Waals surface area contributed by atoms with Crippen molar-refractivity contribution < 1.29 is 9.53 Å². The summed E-state index contributed by atoms with van der Waals surface area (Å²) in [4.78, 5) is 16.3. The number of hydrogen-bond acceptors (Lipinski definition) is 4. The highest BCUT2D eigenvalue weighted by atomic mass is 16.5. The number of hydrogen-bond donors (Lipinski definition) is 1. The van der Waals surface area contributed by atoms with Crippen LogP contribution in [0, 0.1) is 6.92 Å². The van der Waals surface area contributed by atoms with E-state index in [0.717, 1.165) is 48.3 Å². The molecule has 1 fully saturated rings. The molecule has 0 spiro atoms. The van der Waals surface area contributed by atoms with Crippen molar-refractivity contribution in [3.8, 4) is 0 Å². The molecule has 1 amide bonds. The SMILES string of the molecule is Cc1nn(C)c2ncc(NC(=O)CCC3CCCO3)cc12. The summed E-state index contributed by atoms with van der Waals surface area (Å²) in [6.07, 6.45) is 5.36. The summed E-state index contributed by atoms with van der Waals surface area (Å²) in [6.45, 7) is 2.76. The summed E-state index contributed by atoms with van der Waals surface area (Å²) < 4.78 is 7.27. The van der Waals surface area contributed by atoms with Gasteiger partial charge in [-0.05, 0) is 32.3 Å². The second-order valence-electron chi connectivity index (χ2n) is 5.53. The molecular formula is C15H20N4O2. The minimum absolute atomic E-state index is 0.00759. The lowest BCUT2D eigenvalue weighted by atomic mass is 10.1. The van der Waals surface area contributed by atoms with Gasteiger partial charge in [0.15, 0.2) is 5.65 Å². The standard InChI is InChI=1S/C15H20N4O2/c1-10-13-8-11(9-16-15(13)19(2)18-10)17-14(20)6-5-12-4-3-7-21-12/h8-9,12H,3-7H2,1-2H3,(H,17,20). The van der Waals surface area contributed by atoms with Crippen LogP contribution in [0.4, 0.5) is 5.69 Å². The normalized spacial score (nSPS) is 18.3. The zero-order valence-electron chi connectivity index (χ0n) is 12.4. The summed E-state index contributed by atoms with van der Waals surface area (Å²) in [7, 11) is 1.86. The zero-order chi connectivity index (χ0) is 14.8. The number of nitrogens with one attached hydrogen (secondary N) is 1. The lowest BCUT2D eigenvalue weighted by Gasteiger charge is -2.09. The molecule has 0 saturated carbocycles. The van der Waals surface area contributed by atoms with Crippen LogP contribution in [0.25, 0.3) is 11.0 Å². The number of aryl methyl sites for hydroxylation is 2. The first-order valence-corrected chi connectivity index (χ1v) is 7.34. The summed E-state index contributed by atoms with van der Waals surface area (Å²) in [5, 5.41) is 8.19. The molecule has 0 aliphatic carbocycles. The Labute approximate surface area is 123 Å². The monoisotopic (exact) mass is 288 g/mol. The van der Waals surface area contributed by atoms with E-state index in [1.165, 1.54) is 0 Å². The van der Waals surface area contributed by atoms with Crippen molar-refractivity contribution in [1.29, 1.82) is 0 Å². The van der Waals surface area contributed by atoms with E-state index in [0.29, 0.717) is 6.42 Å². The van der Waals surface area contributed by atoms with Gasteiger partial charge in [0.25, 0.3) is 0 Å². The second kappa shape index (κ2) is 5.81. The Morgan fingerprint density at radius 2 is 2.43 bits per heavy atom. The molecule has 0 bridgehead atoms. The Morgan fingerprint density at radius 1 is 1.57 bits per heavy atom. The number of pyridine rings is 1.